The molecule has 2 aromatic carbocycles. The molecule has 0 aliphatic rings. The average Bonchev–Trinajstić information content (AvgIpc) is 3.51. The Kier molecular flexibility index (Phi) is 4.81. The van der Waals surface area contributed by atoms with Crippen molar-refractivity contribution in [3.05, 3.63) is 71.9 Å². The number of thiazole rings is 1. The standard InChI is InChI=1S/C24H20N6OS2/c1-14-15(2)30(16-7-6-8-17(11-16)31-3)22-21(14)23-27-20(28-29(23)13-25-22)12-32-24-26-18-9-4-5-10-19(18)33-24/h4-11,13H,12H2,1-3H3. The third-order valence-corrected chi connectivity index (χ3v) is 7.96. The maximum atomic E-state index is 5.42. The molecule has 0 radical (unpaired) electrons. The summed E-state index contributed by atoms with van der Waals surface area (Å²) in [5.41, 5.74) is 5.98. The second kappa shape index (κ2) is 7.86. The minimum atomic E-state index is 0.650. The molecule has 4 heterocycles. The van der Waals surface area contributed by atoms with E-state index in [0.29, 0.717) is 5.75 Å². The lowest BCUT2D eigenvalue weighted by atomic mass is 10.2. The van der Waals surface area contributed by atoms with Gasteiger partial charge in [-0.2, -0.15) is 0 Å². The molecule has 0 saturated carbocycles. The third-order valence-electron chi connectivity index (χ3n) is 5.79. The Hall–Kier alpha value is -3.43. The molecule has 6 rings (SSSR count). The van der Waals surface area contributed by atoms with E-state index in [0.717, 1.165) is 55.1 Å². The predicted octanol–water partition coefficient (Wildman–Crippen LogP) is 5.60. The molecule has 0 atom stereocenters. The first-order valence-corrected chi connectivity index (χ1v) is 12.3. The fraction of sp³-hybridized carbons (Fsp3) is 0.167. The van der Waals surface area contributed by atoms with Gasteiger partial charge in [-0.1, -0.05) is 30.0 Å². The number of fused-ring (bicyclic) bond motifs is 4. The number of hydrogen-bond donors (Lipinski definition) is 0. The van der Waals surface area contributed by atoms with E-state index in [1.807, 2.05) is 36.4 Å². The Labute approximate surface area is 198 Å². The van der Waals surface area contributed by atoms with Crippen molar-refractivity contribution in [2.75, 3.05) is 7.11 Å². The molecule has 0 bridgehead atoms. The highest BCUT2D eigenvalue weighted by molar-refractivity contribution is 8.00. The molecule has 0 fully saturated rings. The number of aryl methyl sites for hydroxylation is 1. The molecule has 0 amide bonds. The van der Waals surface area contributed by atoms with Crippen LogP contribution >= 0.6 is 23.1 Å². The largest absolute Gasteiger partial charge is 0.497 e. The number of thioether (sulfide) groups is 1. The van der Waals surface area contributed by atoms with Crippen LogP contribution in [-0.2, 0) is 5.75 Å². The monoisotopic (exact) mass is 472 g/mol. The Balaban J connectivity index is 1.40. The SMILES string of the molecule is COc1cccc(-n2c(C)c(C)c3c2ncn2nc(CSc4nc5ccccc5s4)nc32)c1. The lowest BCUT2D eigenvalue weighted by molar-refractivity contribution is 0.414. The number of para-hydroxylation sites is 1. The van der Waals surface area contributed by atoms with Crippen LogP contribution in [0.4, 0.5) is 0 Å². The van der Waals surface area contributed by atoms with Gasteiger partial charge in [0.15, 0.2) is 21.5 Å². The minimum Gasteiger partial charge on any atom is -0.497 e. The molecule has 0 saturated heterocycles. The summed E-state index contributed by atoms with van der Waals surface area (Å²) in [7, 11) is 1.68. The van der Waals surface area contributed by atoms with Gasteiger partial charge in [0.2, 0.25) is 0 Å². The van der Waals surface area contributed by atoms with E-state index in [1.165, 1.54) is 4.70 Å². The van der Waals surface area contributed by atoms with Crippen molar-refractivity contribution in [1.82, 2.24) is 29.1 Å². The molecule has 7 nitrogen and oxygen atoms in total. The van der Waals surface area contributed by atoms with Gasteiger partial charge in [-0.25, -0.2) is 19.5 Å². The van der Waals surface area contributed by atoms with E-state index in [-0.39, 0.29) is 0 Å². The van der Waals surface area contributed by atoms with Gasteiger partial charge in [0.1, 0.15) is 12.1 Å². The van der Waals surface area contributed by atoms with Gasteiger partial charge in [-0.05, 0) is 43.7 Å². The topological polar surface area (TPSA) is 70.1 Å². The first-order chi connectivity index (χ1) is 16.1. The van der Waals surface area contributed by atoms with Crippen molar-refractivity contribution >= 4 is 50.0 Å². The molecular weight excluding hydrogens is 452 g/mol. The molecule has 0 unspecified atom stereocenters. The molecule has 6 aromatic rings. The molecule has 0 aliphatic heterocycles. The van der Waals surface area contributed by atoms with Gasteiger partial charge in [-0.15, -0.1) is 16.4 Å². The lowest BCUT2D eigenvalue weighted by Gasteiger charge is -2.09. The van der Waals surface area contributed by atoms with E-state index >= 15 is 0 Å². The summed E-state index contributed by atoms with van der Waals surface area (Å²) >= 11 is 3.36. The number of hydrogen-bond acceptors (Lipinski definition) is 7. The summed E-state index contributed by atoms with van der Waals surface area (Å²) in [6.07, 6.45) is 1.74. The van der Waals surface area contributed by atoms with Crippen molar-refractivity contribution in [3.8, 4) is 11.4 Å². The van der Waals surface area contributed by atoms with E-state index in [9.17, 15) is 0 Å². The zero-order valence-corrected chi connectivity index (χ0v) is 19.9. The summed E-state index contributed by atoms with van der Waals surface area (Å²) in [6, 6.07) is 16.2. The van der Waals surface area contributed by atoms with Crippen molar-refractivity contribution < 1.29 is 4.74 Å². The smallest absolute Gasteiger partial charge is 0.168 e. The molecule has 4 aromatic heterocycles. The zero-order chi connectivity index (χ0) is 22.5. The summed E-state index contributed by atoms with van der Waals surface area (Å²) in [6.45, 7) is 4.22. The van der Waals surface area contributed by atoms with Crippen LogP contribution in [0.15, 0.2) is 59.2 Å². The van der Waals surface area contributed by atoms with E-state index < -0.39 is 0 Å². The van der Waals surface area contributed by atoms with Crippen molar-refractivity contribution in [2.45, 2.75) is 23.9 Å². The van der Waals surface area contributed by atoms with Crippen LogP contribution in [0, 0.1) is 13.8 Å². The molecule has 0 aliphatic carbocycles. The van der Waals surface area contributed by atoms with Gasteiger partial charge in [-0.3, -0.25) is 4.57 Å². The Morgan fingerprint density at radius 1 is 1.03 bits per heavy atom. The molecule has 0 spiro atoms. The van der Waals surface area contributed by atoms with Crippen molar-refractivity contribution in [2.24, 2.45) is 0 Å². The fourth-order valence-corrected chi connectivity index (χ4v) is 5.99. The maximum absolute atomic E-state index is 5.42. The first kappa shape index (κ1) is 20.2. The van der Waals surface area contributed by atoms with E-state index in [2.05, 4.69) is 35.6 Å². The van der Waals surface area contributed by atoms with Crippen LogP contribution < -0.4 is 4.74 Å². The average molecular weight is 473 g/mol. The normalized spacial score (nSPS) is 11.7. The van der Waals surface area contributed by atoms with Gasteiger partial charge >= 0.3 is 0 Å². The number of rotatable bonds is 5. The van der Waals surface area contributed by atoms with E-state index in [4.69, 9.17) is 19.7 Å². The van der Waals surface area contributed by atoms with Crippen molar-refractivity contribution in [1.29, 1.82) is 0 Å². The Morgan fingerprint density at radius 2 is 1.91 bits per heavy atom. The molecule has 33 heavy (non-hydrogen) atoms. The quantitative estimate of drug-likeness (QED) is 0.304. The van der Waals surface area contributed by atoms with Gasteiger partial charge in [0.05, 0.1) is 34.2 Å². The minimum absolute atomic E-state index is 0.650. The van der Waals surface area contributed by atoms with Crippen LogP contribution in [0.5, 0.6) is 5.75 Å². The Bertz CT molecular complexity index is 1610. The highest BCUT2D eigenvalue weighted by Crippen LogP contribution is 2.33. The predicted molar refractivity (Wildman–Crippen MR) is 133 cm³/mol. The number of nitrogens with zero attached hydrogens (tertiary/aromatic N) is 6. The van der Waals surface area contributed by atoms with Crippen LogP contribution in [0.3, 0.4) is 0 Å². The maximum Gasteiger partial charge on any atom is 0.168 e. The van der Waals surface area contributed by atoms with Gasteiger partial charge in [0.25, 0.3) is 0 Å². The number of aromatic nitrogens is 6. The number of ether oxygens (including phenoxy) is 1. The summed E-state index contributed by atoms with van der Waals surface area (Å²) in [5, 5.41) is 5.70. The van der Waals surface area contributed by atoms with E-state index in [1.54, 1.807) is 41.1 Å². The summed E-state index contributed by atoms with van der Waals surface area (Å²) < 4.78 is 11.6. The molecule has 0 N–H and O–H groups in total. The van der Waals surface area contributed by atoms with Crippen LogP contribution in [0.2, 0.25) is 0 Å². The summed E-state index contributed by atoms with van der Waals surface area (Å²) in [5.74, 6) is 2.22. The van der Waals surface area contributed by atoms with Crippen LogP contribution in [0.25, 0.3) is 32.6 Å². The van der Waals surface area contributed by atoms with Crippen LogP contribution in [0.1, 0.15) is 17.1 Å². The second-order valence-corrected chi connectivity index (χ2v) is 9.98. The number of methoxy groups -OCH3 is 1. The van der Waals surface area contributed by atoms with Crippen LogP contribution in [-0.4, -0.2) is 36.2 Å². The number of benzene rings is 2. The molecule has 9 heteroatoms. The second-order valence-electron chi connectivity index (χ2n) is 7.72. The van der Waals surface area contributed by atoms with Gasteiger partial charge < -0.3 is 4.74 Å². The van der Waals surface area contributed by atoms with Crippen molar-refractivity contribution in [3.63, 3.8) is 0 Å². The first-order valence-electron chi connectivity index (χ1n) is 10.5. The molecule has 164 valence electrons. The fourth-order valence-electron chi connectivity index (χ4n) is 4.07. The lowest BCUT2D eigenvalue weighted by Crippen LogP contribution is -1.99. The third kappa shape index (κ3) is 3.35. The summed E-state index contributed by atoms with van der Waals surface area (Å²) in [4.78, 5) is 14.3. The Morgan fingerprint density at radius 3 is 2.76 bits per heavy atom. The van der Waals surface area contributed by atoms with Gasteiger partial charge in [0, 0.05) is 11.8 Å². The highest BCUT2D eigenvalue weighted by Gasteiger charge is 2.19. The zero-order valence-electron chi connectivity index (χ0n) is 18.3. The molecular formula is C24H20N6OS2. The highest BCUT2D eigenvalue weighted by atomic mass is 32.2.